The summed E-state index contributed by atoms with van der Waals surface area (Å²) in [6, 6.07) is 10.4. The molecule has 2 N–H and O–H groups in total. The van der Waals surface area contributed by atoms with Crippen molar-refractivity contribution in [3.63, 3.8) is 0 Å². The fourth-order valence-corrected chi connectivity index (χ4v) is 6.89. The summed E-state index contributed by atoms with van der Waals surface area (Å²) < 4.78 is 14.1. The second kappa shape index (κ2) is 11.5. The number of pyridine rings is 2. The molecule has 12 heteroatoms. The van der Waals surface area contributed by atoms with Crippen LogP contribution in [0, 0.1) is 0 Å². The van der Waals surface area contributed by atoms with Gasteiger partial charge in [-0.1, -0.05) is 0 Å². The minimum absolute atomic E-state index is 0.229. The molecule has 2 unspecified atom stereocenters. The van der Waals surface area contributed by atoms with Gasteiger partial charge in [0.1, 0.15) is 17.2 Å². The number of aromatic nitrogens is 3. The Hall–Kier alpha value is -4.94. The van der Waals surface area contributed by atoms with E-state index in [0.29, 0.717) is 22.7 Å². The molecule has 3 saturated heterocycles. The minimum Gasteiger partial charge on any atom is -0.452 e. The molecule has 0 radical (unpaired) electrons. The lowest BCUT2D eigenvalue weighted by atomic mass is 10.1. The van der Waals surface area contributed by atoms with E-state index >= 15 is 0 Å². The number of Topliss-reactive ketones (excluding diaryl/α,β-unsaturated/α-hetero) is 1. The quantitative estimate of drug-likeness (QED) is 0.314. The van der Waals surface area contributed by atoms with Crippen molar-refractivity contribution in [1.82, 2.24) is 19.4 Å². The third kappa shape index (κ3) is 5.33. The fourth-order valence-electron chi connectivity index (χ4n) is 6.89. The number of morpholine rings is 1. The minimum atomic E-state index is -0.427. The number of allylic oxidation sites excluding steroid dienone is 1. The largest absolute Gasteiger partial charge is 0.452 e. The zero-order valence-corrected chi connectivity index (χ0v) is 25.9. The predicted octanol–water partition coefficient (Wildman–Crippen LogP) is 4.35. The smallest absolute Gasteiger partial charge is 0.323 e. The van der Waals surface area contributed by atoms with Crippen molar-refractivity contribution in [1.29, 1.82) is 0 Å². The Morgan fingerprint density at radius 2 is 1.70 bits per heavy atom. The maximum absolute atomic E-state index is 13.5. The van der Waals surface area contributed by atoms with Crippen LogP contribution in [0.15, 0.2) is 60.7 Å². The maximum Gasteiger partial charge on any atom is 0.323 e. The molecule has 0 saturated carbocycles. The number of carbonyl (C=O) groups excluding carboxylic acids is 2. The van der Waals surface area contributed by atoms with Crippen LogP contribution in [-0.2, 0) is 11.8 Å². The molecule has 3 aromatic heterocycles. The highest BCUT2D eigenvalue weighted by Crippen LogP contribution is 2.38. The Labute approximate surface area is 266 Å². The number of likely N-dealkylation sites (N-methyl/N-ethyl adjacent to an activating group) is 1. The van der Waals surface area contributed by atoms with E-state index < -0.39 is 6.03 Å². The number of ether oxygens (including phenoxy) is 2. The molecule has 2 atom stereocenters. The molecule has 4 aliphatic heterocycles. The van der Waals surface area contributed by atoms with Gasteiger partial charge in [-0.15, -0.1) is 0 Å². The standard InChI is InChI=1S/C34H36N8O4/c1-39-11-13-41(14-12-39)30-8-4-23(17-36-30)38-34(44)37-22-3-7-28-26(16-22)32(43)29(46-28)15-21-18-40(2)33-31(21)27(9-10-35-33)42-19-24-5-6-25(20-42)45-24/h3-4,7-10,15-18,24-25H,5-6,11-14,19-20H2,1-2H3,(H2,37,38,44). The van der Waals surface area contributed by atoms with E-state index in [0.717, 1.165) is 80.2 Å². The molecule has 236 valence electrons. The molecule has 7 heterocycles. The van der Waals surface area contributed by atoms with E-state index in [9.17, 15) is 9.59 Å². The number of urea groups is 1. The number of anilines is 4. The summed E-state index contributed by atoms with van der Waals surface area (Å²) in [4.78, 5) is 42.4. The summed E-state index contributed by atoms with van der Waals surface area (Å²) in [7, 11) is 4.07. The molecule has 4 aliphatic rings. The lowest BCUT2D eigenvalue weighted by Gasteiger charge is -2.34. The number of hydrogen-bond acceptors (Lipinski definition) is 9. The molecule has 2 bridgehead atoms. The Kier molecular flexibility index (Phi) is 7.10. The maximum atomic E-state index is 13.5. The highest BCUT2D eigenvalue weighted by atomic mass is 16.5. The van der Waals surface area contributed by atoms with Crippen LogP contribution in [-0.4, -0.2) is 89.8 Å². The van der Waals surface area contributed by atoms with Gasteiger partial charge in [-0.25, -0.2) is 14.8 Å². The summed E-state index contributed by atoms with van der Waals surface area (Å²) in [6.45, 7) is 5.50. The van der Waals surface area contributed by atoms with Crippen molar-refractivity contribution in [2.75, 3.05) is 66.7 Å². The van der Waals surface area contributed by atoms with Gasteiger partial charge in [-0.3, -0.25) is 4.79 Å². The van der Waals surface area contributed by atoms with Crippen molar-refractivity contribution in [3.05, 3.63) is 71.9 Å². The Balaban J connectivity index is 0.975. The molecular formula is C34H36N8O4. The number of benzene rings is 1. The van der Waals surface area contributed by atoms with E-state index in [2.05, 4.69) is 42.3 Å². The van der Waals surface area contributed by atoms with E-state index in [1.807, 2.05) is 42.2 Å². The summed E-state index contributed by atoms with van der Waals surface area (Å²) in [6.07, 6.45) is 9.93. The first-order valence-corrected chi connectivity index (χ1v) is 15.8. The Bertz CT molecular complexity index is 1850. The summed E-state index contributed by atoms with van der Waals surface area (Å²) in [5.41, 5.74) is 4.24. The average Bonchev–Trinajstić information content (AvgIpc) is 3.68. The predicted molar refractivity (Wildman–Crippen MR) is 177 cm³/mol. The number of nitrogens with zero attached hydrogens (tertiary/aromatic N) is 6. The first-order chi connectivity index (χ1) is 22.4. The molecule has 8 rings (SSSR count). The van der Waals surface area contributed by atoms with Gasteiger partial charge < -0.3 is 39.4 Å². The number of amides is 2. The monoisotopic (exact) mass is 620 g/mol. The zero-order chi connectivity index (χ0) is 31.4. The van der Waals surface area contributed by atoms with Gasteiger partial charge in [0.25, 0.3) is 0 Å². The first-order valence-electron chi connectivity index (χ1n) is 15.8. The molecule has 4 aromatic rings. The van der Waals surface area contributed by atoms with Crippen molar-refractivity contribution < 1.29 is 19.1 Å². The SMILES string of the molecule is CN1CCN(c2ccc(NC(=O)Nc3ccc4c(c3)C(=O)C(=Cc3cn(C)c5nccc(N6CC7CCC(C6)O7)c35)O4)cn2)CC1. The number of fused-ring (bicyclic) bond motifs is 4. The lowest BCUT2D eigenvalue weighted by Crippen LogP contribution is -2.44. The van der Waals surface area contributed by atoms with E-state index in [1.54, 1.807) is 30.5 Å². The van der Waals surface area contributed by atoms with E-state index in [4.69, 9.17) is 9.47 Å². The second-order valence-corrected chi connectivity index (χ2v) is 12.5. The van der Waals surface area contributed by atoms with Gasteiger partial charge in [-0.2, -0.15) is 0 Å². The van der Waals surface area contributed by atoms with Crippen LogP contribution in [0.4, 0.5) is 27.7 Å². The van der Waals surface area contributed by atoms with Crippen molar-refractivity contribution >= 4 is 51.8 Å². The molecule has 2 amide bonds. The number of ketones is 1. The molecule has 46 heavy (non-hydrogen) atoms. The summed E-state index contributed by atoms with van der Waals surface area (Å²) in [5.74, 6) is 1.33. The number of hydrogen-bond donors (Lipinski definition) is 2. The molecular weight excluding hydrogens is 584 g/mol. The van der Waals surface area contributed by atoms with Crippen LogP contribution < -0.4 is 25.2 Å². The highest BCUT2D eigenvalue weighted by Gasteiger charge is 2.35. The van der Waals surface area contributed by atoms with Crippen molar-refractivity contribution in [2.24, 2.45) is 7.05 Å². The number of rotatable bonds is 5. The van der Waals surface area contributed by atoms with E-state index in [1.165, 1.54) is 0 Å². The number of carbonyl (C=O) groups is 2. The molecule has 1 aromatic carbocycles. The second-order valence-electron chi connectivity index (χ2n) is 12.5. The zero-order valence-electron chi connectivity index (χ0n) is 25.9. The summed E-state index contributed by atoms with van der Waals surface area (Å²) >= 11 is 0. The van der Waals surface area contributed by atoms with Crippen LogP contribution in [0.5, 0.6) is 5.75 Å². The van der Waals surface area contributed by atoms with Crippen LogP contribution >= 0.6 is 0 Å². The molecule has 3 fully saturated rings. The number of nitrogens with one attached hydrogen (secondary N) is 2. The topological polar surface area (TPSA) is 117 Å². The average molecular weight is 621 g/mol. The normalized spacial score (nSPS) is 22.0. The van der Waals surface area contributed by atoms with Crippen molar-refractivity contribution in [3.8, 4) is 5.75 Å². The third-order valence-corrected chi connectivity index (χ3v) is 9.29. The third-order valence-electron chi connectivity index (χ3n) is 9.29. The Morgan fingerprint density at radius 1 is 0.935 bits per heavy atom. The Morgan fingerprint density at radius 3 is 2.46 bits per heavy atom. The van der Waals surface area contributed by atoms with Gasteiger partial charge in [0, 0.05) is 75.3 Å². The molecule has 0 spiro atoms. The van der Waals surface area contributed by atoms with Crippen LogP contribution in [0.3, 0.4) is 0 Å². The fraction of sp³-hybridized carbons (Fsp3) is 0.353. The van der Waals surface area contributed by atoms with Gasteiger partial charge >= 0.3 is 6.03 Å². The van der Waals surface area contributed by atoms with Crippen LogP contribution in [0.25, 0.3) is 17.1 Å². The first kappa shape index (κ1) is 28.5. The van der Waals surface area contributed by atoms with Gasteiger partial charge in [0.05, 0.1) is 35.3 Å². The van der Waals surface area contributed by atoms with Gasteiger partial charge in [-0.05, 0) is 62.4 Å². The van der Waals surface area contributed by atoms with E-state index in [-0.39, 0.29) is 23.8 Å². The van der Waals surface area contributed by atoms with Crippen LogP contribution in [0.1, 0.15) is 28.8 Å². The highest BCUT2D eigenvalue weighted by molar-refractivity contribution is 6.16. The van der Waals surface area contributed by atoms with Gasteiger partial charge in [0.2, 0.25) is 5.78 Å². The van der Waals surface area contributed by atoms with Crippen molar-refractivity contribution in [2.45, 2.75) is 25.0 Å². The molecule has 12 nitrogen and oxygen atoms in total. The van der Waals surface area contributed by atoms with Crippen LogP contribution in [0.2, 0.25) is 0 Å². The van der Waals surface area contributed by atoms with Gasteiger partial charge in [0.15, 0.2) is 5.76 Å². The lowest BCUT2D eigenvalue weighted by molar-refractivity contribution is 0.0306. The number of piperazine rings is 1. The summed E-state index contributed by atoms with van der Waals surface area (Å²) in [5, 5.41) is 6.63. The molecule has 0 aliphatic carbocycles. The number of aryl methyl sites for hydroxylation is 1.